The summed E-state index contributed by atoms with van der Waals surface area (Å²) in [5.74, 6) is -5.74. The average Bonchev–Trinajstić information content (AvgIpc) is 2.79. The molecule has 0 N–H and O–H groups in total. The van der Waals surface area contributed by atoms with Crippen molar-refractivity contribution in [2.24, 2.45) is 23.7 Å². The van der Waals surface area contributed by atoms with Crippen LogP contribution in [0.3, 0.4) is 0 Å². The molecule has 13 heteroatoms. The second-order valence-electron chi connectivity index (χ2n) is 8.85. The highest BCUT2D eigenvalue weighted by atomic mass is 32.2. The van der Waals surface area contributed by atoms with E-state index in [9.17, 15) is 31.2 Å². The van der Waals surface area contributed by atoms with Gasteiger partial charge in [0.1, 0.15) is 19.1 Å². The van der Waals surface area contributed by atoms with Gasteiger partial charge in [0, 0.05) is 11.8 Å². The fraction of sp³-hybridized carbons (Fsp3) is 0.727. The lowest BCUT2D eigenvalue weighted by Crippen LogP contribution is -2.62. The van der Waals surface area contributed by atoms with Crippen LogP contribution in [0, 0.1) is 23.7 Å². The van der Waals surface area contributed by atoms with E-state index in [-0.39, 0.29) is 50.1 Å². The summed E-state index contributed by atoms with van der Waals surface area (Å²) in [6.07, 6.45) is 3.15. The van der Waals surface area contributed by atoms with E-state index in [4.69, 9.17) is 18.9 Å². The second-order valence-corrected chi connectivity index (χ2v) is 10.8. The minimum atomic E-state index is -5.73. The van der Waals surface area contributed by atoms with Gasteiger partial charge in [-0.15, -0.1) is 0 Å². The van der Waals surface area contributed by atoms with Crippen molar-refractivity contribution in [3.05, 3.63) is 25.7 Å². The van der Waals surface area contributed by atoms with E-state index in [1.807, 2.05) is 0 Å². The highest BCUT2D eigenvalue weighted by Gasteiger charge is 2.58. The van der Waals surface area contributed by atoms with Crippen molar-refractivity contribution < 1.29 is 50.1 Å². The van der Waals surface area contributed by atoms with E-state index in [1.54, 1.807) is 0 Å². The molecule has 2 saturated carbocycles. The molecule has 0 radical (unpaired) electrons. The van der Waals surface area contributed by atoms with Crippen LogP contribution < -0.4 is 0 Å². The summed E-state index contributed by atoms with van der Waals surface area (Å²) in [5, 5.41) is 0. The van der Waals surface area contributed by atoms with Crippen LogP contribution in [0.2, 0.25) is 0 Å². The lowest BCUT2D eigenvalue weighted by Gasteiger charge is -2.53. The highest BCUT2D eigenvalue weighted by Crippen LogP contribution is 2.51. The first-order chi connectivity index (χ1) is 16.5. The van der Waals surface area contributed by atoms with Crippen molar-refractivity contribution in [1.82, 2.24) is 4.90 Å². The van der Waals surface area contributed by atoms with E-state index in [0.717, 1.165) is 0 Å². The number of alkyl halides is 3. The second kappa shape index (κ2) is 11.3. The van der Waals surface area contributed by atoms with Gasteiger partial charge in [0.15, 0.2) is 0 Å². The first-order valence-corrected chi connectivity index (χ1v) is 13.0. The minimum absolute atomic E-state index is 0.155. The van der Waals surface area contributed by atoms with Crippen molar-refractivity contribution >= 4 is 21.7 Å². The Balaban J connectivity index is 1.83. The topological polar surface area (TPSA) is 108 Å². The van der Waals surface area contributed by atoms with Crippen LogP contribution in [0.15, 0.2) is 25.7 Å². The van der Waals surface area contributed by atoms with Crippen LogP contribution in [0.5, 0.6) is 0 Å². The molecular formula is C22H30F3NO8S. The Bertz CT molecular complexity index is 861. The van der Waals surface area contributed by atoms with Gasteiger partial charge in [-0.3, -0.25) is 14.5 Å². The fourth-order valence-electron chi connectivity index (χ4n) is 5.47. The van der Waals surface area contributed by atoms with Gasteiger partial charge in [0.05, 0.1) is 37.9 Å². The summed E-state index contributed by atoms with van der Waals surface area (Å²) in [6.45, 7) is 7.77. The SMILES string of the molecule is C=COCCOC1CC2CC(OCCOC=C)CC3C(=O)N(CS(=O)(=O)C(F)(F)F)C(=O)C(C1)C23. The maximum atomic E-state index is 13.2. The Kier molecular flexibility index (Phi) is 8.86. The number of ether oxygens (including phenoxy) is 4. The number of carbonyl (C=O) groups excluding carboxylic acids is 2. The molecular weight excluding hydrogens is 495 g/mol. The van der Waals surface area contributed by atoms with E-state index in [0.29, 0.717) is 12.8 Å². The largest absolute Gasteiger partial charge is 0.499 e. The predicted molar refractivity (Wildman–Crippen MR) is 116 cm³/mol. The third-order valence-corrected chi connectivity index (χ3v) is 8.11. The molecule has 4 atom stereocenters. The zero-order valence-electron chi connectivity index (χ0n) is 19.2. The van der Waals surface area contributed by atoms with Gasteiger partial charge in [-0.1, -0.05) is 13.2 Å². The molecule has 2 amide bonds. The maximum absolute atomic E-state index is 13.2. The molecule has 4 unspecified atom stereocenters. The molecule has 2 aliphatic carbocycles. The molecule has 3 rings (SSSR count). The van der Waals surface area contributed by atoms with Gasteiger partial charge in [0.2, 0.25) is 11.8 Å². The smallest absolute Gasteiger partial charge is 0.499 e. The van der Waals surface area contributed by atoms with Crippen molar-refractivity contribution in [1.29, 1.82) is 0 Å². The number of halogens is 3. The Morgan fingerprint density at radius 2 is 1.31 bits per heavy atom. The average molecular weight is 526 g/mol. The van der Waals surface area contributed by atoms with E-state index in [1.165, 1.54) is 12.5 Å². The third kappa shape index (κ3) is 6.18. The number of imide groups is 1. The number of piperidine rings is 1. The van der Waals surface area contributed by atoms with Crippen molar-refractivity contribution in [3.8, 4) is 0 Å². The Morgan fingerprint density at radius 3 is 1.71 bits per heavy atom. The molecule has 9 nitrogen and oxygen atoms in total. The Morgan fingerprint density at radius 1 is 0.857 bits per heavy atom. The Labute approximate surface area is 202 Å². The molecule has 1 aliphatic heterocycles. The molecule has 198 valence electrons. The summed E-state index contributed by atoms with van der Waals surface area (Å²) < 4.78 is 84.5. The predicted octanol–water partition coefficient (Wildman–Crippen LogP) is 2.39. The van der Waals surface area contributed by atoms with E-state index in [2.05, 4.69) is 13.2 Å². The number of nitrogens with zero attached hydrogens (tertiary/aromatic N) is 1. The normalized spacial score (nSPS) is 31.0. The number of hydrogen-bond donors (Lipinski definition) is 0. The first-order valence-electron chi connectivity index (χ1n) is 11.3. The standard InChI is InChI=1S/C22H30F3NO8S/c1-3-31-5-7-33-15-9-14-10-16(34-8-6-32-4-2)12-18-19(14)17(11-15)20(27)26(21(18)28)13-35(29,30)22(23,24)25/h3-4,14-19H,1-2,5-13H2. The number of sulfone groups is 1. The molecule has 0 spiro atoms. The third-order valence-electron chi connectivity index (χ3n) is 6.80. The van der Waals surface area contributed by atoms with Gasteiger partial charge in [-0.25, -0.2) is 8.42 Å². The van der Waals surface area contributed by atoms with Crippen LogP contribution in [0.25, 0.3) is 0 Å². The number of hydrogen-bond acceptors (Lipinski definition) is 8. The highest BCUT2D eigenvalue weighted by molar-refractivity contribution is 7.92. The summed E-state index contributed by atoms with van der Waals surface area (Å²) in [4.78, 5) is 26.6. The van der Waals surface area contributed by atoms with E-state index < -0.39 is 63.0 Å². The lowest BCUT2D eigenvalue weighted by molar-refractivity contribution is -0.176. The quantitative estimate of drug-likeness (QED) is 0.217. The first kappa shape index (κ1) is 27.5. The van der Waals surface area contributed by atoms with Crippen LogP contribution in [0.4, 0.5) is 13.2 Å². The molecule has 35 heavy (non-hydrogen) atoms. The molecule has 0 bridgehead atoms. The molecule has 0 aromatic carbocycles. The lowest BCUT2D eigenvalue weighted by atomic mass is 9.57. The molecule has 3 aliphatic rings. The zero-order chi connectivity index (χ0) is 25.8. The molecule has 1 heterocycles. The van der Waals surface area contributed by atoms with Gasteiger partial charge in [-0.2, -0.15) is 13.2 Å². The zero-order valence-corrected chi connectivity index (χ0v) is 20.0. The van der Waals surface area contributed by atoms with Gasteiger partial charge < -0.3 is 18.9 Å². The summed E-state index contributed by atoms with van der Waals surface area (Å²) in [5.41, 5.74) is -5.58. The summed E-state index contributed by atoms with van der Waals surface area (Å²) in [6, 6.07) is 0. The van der Waals surface area contributed by atoms with Gasteiger partial charge in [0.25, 0.3) is 9.84 Å². The van der Waals surface area contributed by atoms with E-state index >= 15 is 0 Å². The van der Waals surface area contributed by atoms with Crippen LogP contribution in [-0.4, -0.2) is 75.2 Å². The van der Waals surface area contributed by atoms with Gasteiger partial charge in [-0.05, 0) is 37.5 Å². The Hall–Kier alpha value is -2.12. The number of likely N-dealkylation sites (tertiary alicyclic amines) is 1. The maximum Gasteiger partial charge on any atom is 0.499 e. The molecule has 0 aromatic rings. The molecule has 3 fully saturated rings. The molecule has 1 saturated heterocycles. The number of rotatable bonds is 12. The summed E-state index contributed by atoms with van der Waals surface area (Å²) >= 11 is 0. The van der Waals surface area contributed by atoms with Crippen molar-refractivity contribution in [2.75, 3.05) is 32.3 Å². The van der Waals surface area contributed by atoms with Crippen LogP contribution >= 0.6 is 0 Å². The van der Waals surface area contributed by atoms with Gasteiger partial charge >= 0.3 is 5.51 Å². The van der Waals surface area contributed by atoms with Crippen LogP contribution in [0.1, 0.15) is 25.7 Å². The summed E-state index contributed by atoms with van der Waals surface area (Å²) in [7, 11) is -5.73. The van der Waals surface area contributed by atoms with Crippen molar-refractivity contribution in [3.63, 3.8) is 0 Å². The number of carbonyl (C=O) groups is 2. The monoisotopic (exact) mass is 525 g/mol. The molecule has 0 aromatic heterocycles. The van der Waals surface area contributed by atoms with Crippen LogP contribution in [-0.2, 0) is 38.4 Å². The fourth-order valence-corrected chi connectivity index (χ4v) is 6.21. The minimum Gasteiger partial charge on any atom is -0.499 e. The number of amides is 2. The van der Waals surface area contributed by atoms with Crippen molar-refractivity contribution in [2.45, 2.75) is 43.4 Å².